The van der Waals surface area contributed by atoms with Crippen LogP contribution in [0.5, 0.6) is 0 Å². The van der Waals surface area contributed by atoms with Gasteiger partial charge in [0.15, 0.2) is 0 Å². The summed E-state index contributed by atoms with van der Waals surface area (Å²) < 4.78 is 0. The molecule has 5 heteroatoms. The standard InChI is InChI=1S/C27H43N3O2/c1-6-7-11-17-30-26(32)29(19-27(30)15-9-8-10-16-27)18-24(31)28-25-22(20(2)3)13-12-14-23(25)21(4)5/h12-14,20-21H,6-11,15-19H2,1-5H3,(H,28,31). The minimum Gasteiger partial charge on any atom is -0.324 e. The van der Waals surface area contributed by atoms with Gasteiger partial charge in [-0.15, -0.1) is 0 Å². The van der Waals surface area contributed by atoms with Crippen molar-refractivity contribution in [3.05, 3.63) is 29.3 Å². The van der Waals surface area contributed by atoms with Crippen LogP contribution in [0.15, 0.2) is 18.2 Å². The second-order valence-electron chi connectivity index (χ2n) is 10.5. The van der Waals surface area contributed by atoms with Gasteiger partial charge in [-0.3, -0.25) is 4.79 Å². The molecule has 2 aliphatic rings. The summed E-state index contributed by atoms with van der Waals surface area (Å²) in [4.78, 5) is 30.5. The number of hydrogen-bond acceptors (Lipinski definition) is 2. The monoisotopic (exact) mass is 441 g/mol. The molecule has 1 spiro atoms. The van der Waals surface area contributed by atoms with Crippen molar-refractivity contribution in [3.8, 4) is 0 Å². The number of amides is 3. The van der Waals surface area contributed by atoms with Gasteiger partial charge in [0, 0.05) is 18.8 Å². The molecule has 1 N–H and O–H groups in total. The van der Waals surface area contributed by atoms with Crippen molar-refractivity contribution >= 4 is 17.6 Å². The first-order valence-corrected chi connectivity index (χ1v) is 12.8. The van der Waals surface area contributed by atoms with Gasteiger partial charge in [0.1, 0.15) is 6.54 Å². The van der Waals surface area contributed by atoms with Gasteiger partial charge < -0.3 is 15.1 Å². The number of rotatable bonds is 9. The SMILES string of the molecule is CCCCCN1C(=O)N(CC(=O)Nc2c(C(C)C)cccc2C(C)C)CC12CCCCC2. The number of para-hydroxylation sites is 1. The largest absolute Gasteiger partial charge is 0.324 e. The molecule has 0 aromatic heterocycles. The Morgan fingerprint density at radius 2 is 1.66 bits per heavy atom. The van der Waals surface area contributed by atoms with Crippen LogP contribution in [-0.4, -0.2) is 46.9 Å². The molecular formula is C27H43N3O2. The molecule has 0 radical (unpaired) electrons. The van der Waals surface area contributed by atoms with Crippen LogP contribution in [0.25, 0.3) is 0 Å². The fraction of sp³-hybridized carbons (Fsp3) is 0.704. The van der Waals surface area contributed by atoms with Gasteiger partial charge in [-0.1, -0.05) is 84.9 Å². The van der Waals surface area contributed by atoms with Gasteiger partial charge in [-0.2, -0.15) is 0 Å². The number of nitrogens with zero attached hydrogens (tertiary/aromatic N) is 2. The number of nitrogens with one attached hydrogen (secondary N) is 1. The Bertz CT molecular complexity index is 770. The van der Waals surface area contributed by atoms with E-state index < -0.39 is 0 Å². The molecule has 5 nitrogen and oxygen atoms in total. The molecule has 1 aliphatic heterocycles. The van der Waals surface area contributed by atoms with E-state index in [-0.39, 0.29) is 24.0 Å². The normalized spacial score (nSPS) is 18.3. The number of urea groups is 1. The summed E-state index contributed by atoms with van der Waals surface area (Å²) in [6.45, 7) is 12.4. The van der Waals surface area contributed by atoms with Gasteiger partial charge in [0.05, 0.1) is 5.54 Å². The summed E-state index contributed by atoms with van der Waals surface area (Å²) in [5.41, 5.74) is 3.17. The lowest BCUT2D eigenvalue weighted by atomic mass is 9.81. The van der Waals surface area contributed by atoms with Crippen molar-refractivity contribution in [3.63, 3.8) is 0 Å². The first-order valence-electron chi connectivity index (χ1n) is 12.8. The van der Waals surface area contributed by atoms with Crippen LogP contribution >= 0.6 is 0 Å². The van der Waals surface area contributed by atoms with Crippen molar-refractivity contribution in [2.45, 2.75) is 103 Å². The third kappa shape index (κ3) is 5.29. The van der Waals surface area contributed by atoms with Gasteiger partial charge in [-0.05, 0) is 42.2 Å². The Morgan fingerprint density at radius 1 is 1.03 bits per heavy atom. The van der Waals surface area contributed by atoms with E-state index in [1.807, 2.05) is 0 Å². The Morgan fingerprint density at radius 3 is 2.22 bits per heavy atom. The smallest absolute Gasteiger partial charge is 0.321 e. The fourth-order valence-corrected chi connectivity index (χ4v) is 5.54. The number of anilines is 1. The second kappa shape index (κ2) is 10.7. The average Bonchev–Trinajstić information content (AvgIpc) is 2.99. The first-order chi connectivity index (χ1) is 15.3. The third-order valence-corrected chi connectivity index (χ3v) is 7.30. The molecule has 1 saturated heterocycles. The molecule has 3 amide bonds. The van der Waals surface area contributed by atoms with Gasteiger partial charge in [-0.25, -0.2) is 4.79 Å². The summed E-state index contributed by atoms with van der Waals surface area (Å²) in [6.07, 6.45) is 9.08. The number of benzene rings is 1. The predicted octanol–water partition coefficient (Wildman–Crippen LogP) is 6.50. The Labute approximate surface area is 194 Å². The summed E-state index contributed by atoms with van der Waals surface area (Å²) in [5, 5.41) is 3.20. The third-order valence-electron chi connectivity index (χ3n) is 7.30. The zero-order valence-electron chi connectivity index (χ0n) is 20.9. The molecule has 178 valence electrons. The molecule has 1 aromatic rings. The van der Waals surface area contributed by atoms with E-state index in [1.165, 1.54) is 19.3 Å². The van der Waals surface area contributed by atoms with Gasteiger partial charge in [0.2, 0.25) is 5.91 Å². The predicted molar refractivity (Wildman–Crippen MR) is 132 cm³/mol. The van der Waals surface area contributed by atoms with Crippen LogP contribution in [-0.2, 0) is 4.79 Å². The number of carbonyl (C=O) groups is 2. The molecular weight excluding hydrogens is 398 g/mol. The van der Waals surface area contributed by atoms with E-state index in [0.29, 0.717) is 18.4 Å². The van der Waals surface area contributed by atoms with Crippen LogP contribution in [0, 0.1) is 0 Å². The fourth-order valence-electron chi connectivity index (χ4n) is 5.54. The zero-order valence-corrected chi connectivity index (χ0v) is 20.9. The van der Waals surface area contributed by atoms with Crippen molar-refractivity contribution < 1.29 is 9.59 Å². The van der Waals surface area contributed by atoms with Crippen molar-refractivity contribution in [2.24, 2.45) is 0 Å². The summed E-state index contributed by atoms with van der Waals surface area (Å²) in [5.74, 6) is 0.545. The van der Waals surface area contributed by atoms with E-state index in [9.17, 15) is 9.59 Å². The first kappa shape index (κ1) is 24.6. The molecule has 0 atom stereocenters. The summed E-state index contributed by atoms with van der Waals surface area (Å²) in [7, 11) is 0. The minimum atomic E-state index is -0.0882. The van der Waals surface area contributed by atoms with Crippen LogP contribution in [0.3, 0.4) is 0 Å². The van der Waals surface area contributed by atoms with E-state index in [2.05, 4.69) is 63.0 Å². The lowest BCUT2D eigenvalue weighted by Gasteiger charge is -2.40. The quantitative estimate of drug-likeness (QED) is 0.445. The molecule has 32 heavy (non-hydrogen) atoms. The molecule has 1 saturated carbocycles. The van der Waals surface area contributed by atoms with E-state index in [1.54, 1.807) is 4.90 Å². The van der Waals surface area contributed by atoms with Gasteiger partial charge >= 0.3 is 6.03 Å². The van der Waals surface area contributed by atoms with Crippen molar-refractivity contribution in [1.82, 2.24) is 9.80 Å². The lowest BCUT2D eigenvalue weighted by Crippen LogP contribution is -2.48. The van der Waals surface area contributed by atoms with E-state index in [4.69, 9.17) is 0 Å². The highest BCUT2D eigenvalue weighted by atomic mass is 16.2. The molecule has 1 aliphatic carbocycles. The number of hydrogen-bond donors (Lipinski definition) is 1. The Hall–Kier alpha value is -2.04. The van der Waals surface area contributed by atoms with Crippen LogP contribution in [0.4, 0.5) is 10.5 Å². The molecule has 0 bridgehead atoms. The summed E-state index contributed by atoms with van der Waals surface area (Å²) >= 11 is 0. The van der Waals surface area contributed by atoms with Crippen LogP contribution in [0.1, 0.15) is 109 Å². The Balaban J connectivity index is 1.76. The molecule has 2 fully saturated rings. The number of carbonyl (C=O) groups excluding carboxylic acids is 2. The van der Waals surface area contributed by atoms with Crippen molar-refractivity contribution in [1.29, 1.82) is 0 Å². The topological polar surface area (TPSA) is 52.7 Å². The molecule has 3 rings (SSSR count). The maximum Gasteiger partial charge on any atom is 0.321 e. The highest BCUT2D eigenvalue weighted by Crippen LogP contribution is 2.40. The molecule has 1 aromatic carbocycles. The number of unbranched alkanes of at least 4 members (excludes halogenated alkanes) is 2. The molecule has 1 heterocycles. The van der Waals surface area contributed by atoms with Gasteiger partial charge in [0.25, 0.3) is 0 Å². The average molecular weight is 442 g/mol. The minimum absolute atomic E-state index is 0.0550. The van der Waals surface area contributed by atoms with Crippen molar-refractivity contribution in [2.75, 3.05) is 25.0 Å². The highest BCUT2D eigenvalue weighted by Gasteiger charge is 2.49. The highest BCUT2D eigenvalue weighted by molar-refractivity contribution is 5.96. The van der Waals surface area contributed by atoms with Crippen LogP contribution < -0.4 is 5.32 Å². The lowest BCUT2D eigenvalue weighted by molar-refractivity contribution is -0.116. The Kier molecular flexibility index (Phi) is 8.24. The van der Waals surface area contributed by atoms with Crippen LogP contribution in [0.2, 0.25) is 0 Å². The maximum absolute atomic E-state index is 13.4. The zero-order chi connectivity index (χ0) is 23.3. The summed E-state index contributed by atoms with van der Waals surface area (Å²) in [6, 6.07) is 6.32. The van der Waals surface area contributed by atoms with E-state index in [0.717, 1.165) is 55.5 Å². The van der Waals surface area contributed by atoms with E-state index >= 15 is 0 Å². The maximum atomic E-state index is 13.4. The molecule has 0 unspecified atom stereocenters. The second-order valence-corrected chi connectivity index (χ2v) is 10.5.